The van der Waals surface area contributed by atoms with E-state index in [9.17, 15) is 9.59 Å². The van der Waals surface area contributed by atoms with Gasteiger partial charge in [0, 0.05) is 23.7 Å². The minimum Gasteiger partial charge on any atom is -0.352 e. The number of nitrogens with one attached hydrogen (secondary N) is 2. The Bertz CT molecular complexity index is 441. The summed E-state index contributed by atoms with van der Waals surface area (Å²) in [5.41, 5.74) is 6.67. The van der Waals surface area contributed by atoms with Gasteiger partial charge in [0.2, 0.25) is 5.91 Å². The Balaban J connectivity index is 2.49. The van der Waals surface area contributed by atoms with Gasteiger partial charge in [-0.25, -0.2) is 0 Å². The van der Waals surface area contributed by atoms with Gasteiger partial charge in [0.05, 0.1) is 0 Å². The van der Waals surface area contributed by atoms with Gasteiger partial charge in [-0.15, -0.1) is 0 Å². The predicted molar refractivity (Wildman–Crippen MR) is 80.5 cm³/mol. The van der Waals surface area contributed by atoms with Gasteiger partial charge in [0.1, 0.15) is 0 Å². The van der Waals surface area contributed by atoms with Crippen LogP contribution < -0.4 is 16.4 Å². The fourth-order valence-electron chi connectivity index (χ4n) is 1.56. The lowest BCUT2D eigenvalue weighted by molar-refractivity contribution is -0.118. The molecule has 5 heteroatoms. The summed E-state index contributed by atoms with van der Waals surface area (Å²) < 4.78 is 0. The quantitative estimate of drug-likeness (QED) is 0.664. The summed E-state index contributed by atoms with van der Waals surface area (Å²) in [5, 5.41) is 5.61. The Morgan fingerprint density at radius 3 is 2.35 bits per heavy atom. The first-order valence-corrected chi connectivity index (χ1v) is 6.93. The van der Waals surface area contributed by atoms with Crippen LogP contribution in [0.1, 0.15) is 37.0 Å². The molecule has 0 radical (unpaired) electrons. The number of benzene rings is 1. The van der Waals surface area contributed by atoms with E-state index in [2.05, 4.69) is 10.6 Å². The van der Waals surface area contributed by atoms with Crippen molar-refractivity contribution in [3.63, 3.8) is 0 Å². The third-order valence-electron chi connectivity index (χ3n) is 2.86. The van der Waals surface area contributed by atoms with Crippen LogP contribution >= 0.6 is 0 Å². The molecule has 1 aromatic rings. The molecule has 0 aliphatic carbocycles. The number of rotatable bonds is 7. The summed E-state index contributed by atoms with van der Waals surface area (Å²) in [4.78, 5) is 23.4. The number of carbonyl (C=O) groups excluding carboxylic acids is 2. The highest BCUT2D eigenvalue weighted by Crippen LogP contribution is 2.11. The fourth-order valence-corrected chi connectivity index (χ4v) is 1.56. The first kappa shape index (κ1) is 16.2. The molecule has 0 unspecified atom stereocenters. The van der Waals surface area contributed by atoms with Crippen molar-refractivity contribution < 1.29 is 9.59 Å². The van der Waals surface area contributed by atoms with Gasteiger partial charge in [0.25, 0.3) is 5.91 Å². The van der Waals surface area contributed by atoms with Crippen LogP contribution in [-0.2, 0) is 4.79 Å². The van der Waals surface area contributed by atoms with E-state index in [1.165, 1.54) is 0 Å². The van der Waals surface area contributed by atoms with E-state index >= 15 is 0 Å². The zero-order chi connectivity index (χ0) is 15.0. The first-order valence-electron chi connectivity index (χ1n) is 6.93. The Kier molecular flexibility index (Phi) is 6.73. The van der Waals surface area contributed by atoms with Crippen LogP contribution in [0.4, 0.5) is 5.69 Å². The molecule has 0 aliphatic rings. The second-order valence-electron chi connectivity index (χ2n) is 4.97. The van der Waals surface area contributed by atoms with Gasteiger partial charge >= 0.3 is 0 Å². The van der Waals surface area contributed by atoms with Crippen molar-refractivity contribution in [1.82, 2.24) is 5.32 Å². The lowest BCUT2D eigenvalue weighted by Crippen LogP contribution is -2.25. The van der Waals surface area contributed by atoms with Crippen LogP contribution in [0.25, 0.3) is 0 Å². The number of carbonyl (C=O) groups is 2. The molecule has 20 heavy (non-hydrogen) atoms. The van der Waals surface area contributed by atoms with Crippen molar-refractivity contribution in [2.45, 2.75) is 26.7 Å². The van der Waals surface area contributed by atoms with Gasteiger partial charge in [-0.1, -0.05) is 13.8 Å². The average molecular weight is 277 g/mol. The monoisotopic (exact) mass is 277 g/mol. The van der Waals surface area contributed by atoms with Gasteiger partial charge in [-0.05, 0) is 43.7 Å². The Morgan fingerprint density at radius 2 is 1.80 bits per heavy atom. The molecule has 1 aromatic carbocycles. The maximum absolute atomic E-state index is 11.8. The van der Waals surface area contributed by atoms with E-state index in [1.54, 1.807) is 24.3 Å². The molecule has 2 amide bonds. The van der Waals surface area contributed by atoms with Crippen molar-refractivity contribution in [2.24, 2.45) is 11.7 Å². The zero-order valence-corrected chi connectivity index (χ0v) is 12.1. The van der Waals surface area contributed by atoms with E-state index in [0.717, 1.165) is 12.8 Å². The highest BCUT2D eigenvalue weighted by atomic mass is 16.2. The van der Waals surface area contributed by atoms with Crippen LogP contribution in [0.15, 0.2) is 24.3 Å². The molecule has 0 fully saturated rings. The number of nitrogens with two attached hydrogens (primary N) is 1. The smallest absolute Gasteiger partial charge is 0.251 e. The second kappa shape index (κ2) is 8.32. The van der Waals surface area contributed by atoms with Crippen molar-refractivity contribution >= 4 is 17.5 Å². The number of anilines is 1. The van der Waals surface area contributed by atoms with Crippen molar-refractivity contribution in [3.8, 4) is 0 Å². The Morgan fingerprint density at radius 1 is 1.15 bits per heavy atom. The van der Waals surface area contributed by atoms with Crippen molar-refractivity contribution in [3.05, 3.63) is 29.8 Å². The second-order valence-corrected chi connectivity index (χ2v) is 4.97. The molecule has 0 aliphatic heterocycles. The Hall–Kier alpha value is -1.88. The van der Waals surface area contributed by atoms with Crippen molar-refractivity contribution in [1.29, 1.82) is 0 Å². The van der Waals surface area contributed by atoms with Gasteiger partial charge < -0.3 is 16.4 Å². The largest absolute Gasteiger partial charge is 0.352 e. The minimum atomic E-state index is -0.108. The summed E-state index contributed by atoms with van der Waals surface area (Å²) in [6, 6.07) is 6.87. The molecule has 110 valence electrons. The normalized spacial score (nSPS) is 10.4. The summed E-state index contributed by atoms with van der Waals surface area (Å²) in [5.74, 6) is -0.215. The number of amides is 2. The summed E-state index contributed by atoms with van der Waals surface area (Å²) in [7, 11) is 0. The molecule has 0 spiro atoms. The van der Waals surface area contributed by atoms with E-state index in [-0.39, 0.29) is 17.7 Å². The van der Waals surface area contributed by atoms with Crippen LogP contribution in [-0.4, -0.2) is 24.9 Å². The fraction of sp³-hybridized carbons (Fsp3) is 0.467. The maximum Gasteiger partial charge on any atom is 0.251 e. The lowest BCUT2D eigenvalue weighted by Gasteiger charge is -2.09. The standard InChI is InChI=1S/C15H23N3O2/c1-11(2)14(19)18-13-7-5-12(6-8-13)15(20)17-10-4-3-9-16/h5-8,11H,3-4,9-10,16H2,1-2H3,(H,17,20)(H,18,19). The van der Waals surface area contributed by atoms with Crippen molar-refractivity contribution in [2.75, 3.05) is 18.4 Å². The average Bonchev–Trinajstić information content (AvgIpc) is 2.44. The maximum atomic E-state index is 11.8. The van der Waals surface area contributed by atoms with Crippen LogP contribution in [0.5, 0.6) is 0 Å². The predicted octanol–water partition coefficient (Wildman–Crippen LogP) is 1.75. The Labute approximate surface area is 119 Å². The molecule has 1 rings (SSSR count). The molecular formula is C15H23N3O2. The number of hydrogen-bond acceptors (Lipinski definition) is 3. The molecule has 0 saturated heterocycles. The highest BCUT2D eigenvalue weighted by molar-refractivity contribution is 5.96. The van der Waals surface area contributed by atoms with E-state index in [1.807, 2.05) is 13.8 Å². The molecule has 0 heterocycles. The molecule has 5 nitrogen and oxygen atoms in total. The topological polar surface area (TPSA) is 84.2 Å². The minimum absolute atomic E-state index is 0.0380. The highest BCUT2D eigenvalue weighted by Gasteiger charge is 2.08. The molecular weight excluding hydrogens is 254 g/mol. The van der Waals surface area contributed by atoms with Crippen LogP contribution in [0.2, 0.25) is 0 Å². The third kappa shape index (κ3) is 5.40. The molecule has 0 saturated carbocycles. The van der Waals surface area contributed by atoms with Crippen LogP contribution in [0.3, 0.4) is 0 Å². The van der Waals surface area contributed by atoms with E-state index in [0.29, 0.717) is 24.3 Å². The van der Waals surface area contributed by atoms with Gasteiger partial charge in [0.15, 0.2) is 0 Å². The molecule has 0 bridgehead atoms. The van der Waals surface area contributed by atoms with Gasteiger partial charge in [-0.3, -0.25) is 9.59 Å². The third-order valence-corrected chi connectivity index (χ3v) is 2.86. The summed E-state index contributed by atoms with van der Waals surface area (Å²) >= 11 is 0. The molecule has 0 atom stereocenters. The SMILES string of the molecule is CC(C)C(=O)Nc1ccc(C(=O)NCCCCN)cc1. The molecule has 4 N–H and O–H groups in total. The van der Waals surface area contributed by atoms with Crippen LogP contribution in [0, 0.1) is 5.92 Å². The van der Waals surface area contributed by atoms with E-state index in [4.69, 9.17) is 5.73 Å². The summed E-state index contributed by atoms with van der Waals surface area (Å²) in [6.45, 7) is 4.93. The molecule has 0 aromatic heterocycles. The number of unbranched alkanes of at least 4 members (excludes halogenated alkanes) is 1. The first-order chi connectivity index (χ1) is 9.54. The summed E-state index contributed by atoms with van der Waals surface area (Å²) in [6.07, 6.45) is 1.78. The number of hydrogen-bond donors (Lipinski definition) is 3. The lowest BCUT2D eigenvalue weighted by atomic mass is 10.1. The zero-order valence-electron chi connectivity index (χ0n) is 12.1. The van der Waals surface area contributed by atoms with Gasteiger partial charge in [-0.2, -0.15) is 0 Å². The van der Waals surface area contributed by atoms with E-state index < -0.39 is 0 Å².